The molecule has 21 heavy (non-hydrogen) atoms. The molecule has 0 aliphatic rings. The maximum absolute atomic E-state index is 4.80. The first-order chi connectivity index (χ1) is 10.1. The zero-order valence-corrected chi connectivity index (χ0v) is 13.4. The predicted octanol–water partition coefficient (Wildman–Crippen LogP) is 4.45. The first-order valence-corrected chi connectivity index (χ1v) is 8.06. The van der Waals surface area contributed by atoms with Gasteiger partial charge in [-0.1, -0.05) is 30.3 Å². The standard InChI is InChI=1S/C17H19N3S/c1-4-18-14-13-10-11-21-15(13)20-16(19-14)17(2,3)12-8-6-5-7-9-12/h5-11H,4H2,1-3H3,(H,18,19,20). The third kappa shape index (κ3) is 2.51. The summed E-state index contributed by atoms with van der Waals surface area (Å²) in [5.41, 5.74) is 1.01. The fourth-order valence-electron chi connectivity index (χ4n) is 2.42. The molecule has 108 valence electrons. The lowest BCUT2D eigenvalue weighted by Crippen LogP contribution is -2.23. The lowest BCUT2D eigenvalue weighted by atomic mass is 9.84. The summed E-state index contributed by atoms with van der Waals surface area (Å²) >= 11 is 1.66. The molecule has 1 aromatic carbocycles. The normalized spacial score (nSPS) is 11.8. The van der Waals surface area contributed by atoms with Crippen LogP contribution < -0.4 is 5.32 Å². The maximum Gasteiger partial charge on any atom is 0.142 e. The van der Waals surface area contributed by atoms with Gasteiger partial charge in [0.25, 0.3) is 0 Å². The maximum atomic E-state index is 4.80. The number of hydrogen-bond acceptors (Lipinski definition) is 4. The molecule has 3 aromatic rings. The second kappa shape index (κ2) is 5.45. The van der Waals surface area contributed by atoms with Crippen molar-refractivity contribution in [2.24, 2.45) is 0 Å². The van der Waals surface area contributed by atoms with E-state index in [1.54, 1.807) is 11.3 Å². The third-order valence-electron chi connectivity index (χ3n) is 3.72. The number of nitrogens with zero attached hydrogens (tertiary/aromatic N) is 2. The van der Waals surface area contributed by atoms with Crippen molar-refractivity contribution in [1.82, 2.24) is 9.97 Å². The van der Waals surface area contributed by atoms with Gasteiger partial charge in [-0.2, -0.15) is 0 Å². The SMILES string of the molecule is CCNc1nc(C(C)(C)c2ccccc2)nc2sccc12. The van der Waals surface area contributed by atoms with E-state index in [2.05, 4.69) is 61.8 Å². The van der Waals surface area contributed by atoms with E-state index >= 15 is 0 Å². The summed E-state index contributed by atoms with van der Waals surface area (Å²) in [5, 5.41) is 6.53. The molecule has 0 atom stereocenters. The first kappa shape index (κ1) is 14.0. The van der Waals surface area contributed by atoms with Crippen molar-refractivity contribution in [3.63, 3.8) is 0 Å². The zero-order chi connectivity index (χ0) is 14.9. The van der Waals surface area contributed by atoms with Crippen molar-refractivity contribution in [2.75, 3.05) is 11.9 Å². The average Bonchev–Trinajstić information content (AvgIpc) is 2.97. The number of anilines is 1. The van der Waals surface area contributed by atoms with E-state index in [1.165, 1.54) is 5.56 Å². The monoisotopic (exact) mass is 297 g/mol. The van der Waals surface area contributed by atoms with E-state index in [-0.39, 0.29) is 5.41 Å². The summed E-state index contributed by atoms with van der Waals surface area (Å²) in [4.78, 5) is 10.6. The Hall–Kier alpha value is -1.94. The van der Waals surface area contributed by atoms with Crippen molar-refractivity contribution in [3.05, 3.63) is 53.2 Å². The Balaban J connectivity index is 2.15. The Morgan fingerprint density at radius 3 is 2.57 bits per heavy atom. The minimum atomic E-state index is -0.219. The molecule has 0 aliphatic carbocycles. The number of thiophene rings is 1. The number of fused-ring (bicyclic) bond motifs is 1. The van der Waals surface area contributed by atoms with Crippen LogP contribution in [0.2, 0.25) is 0 Å². The number of nitrogens with one attached hydrogen (secondary N) is 1. The Kier molecular flexibility index (Phi) is 3.64. The summed E-state index contributed by atoms with van der Waals surface area (Å²) in [6.45, 7) is 7.29. The van der Waals surface area contributed by atoms with Crippen molar-refractivity contribution in [3.8, 4) is 0 Å². The fourth-order valence-corrected chi connectivity index (χ4v) is 3.18. The van der Waals surface area contributed by atoms with Crippen LogP contribution in [0.15, 0.2) is 41.8 Å². The van der Waals surface area contributed by atoms with E-state index in [9.17, 15) is 0 Å². The Morgan fingerprint density at radius 1 is 1.10 bits per heavy atom. The molecule has 0 unspecified atom stereocenters. The molecule has 2 heterocycles. The topological polar surface area (TPSA) is 37.8 Å². The molecular formula is C17H19N3S. The van der Waals surface area contributed by atoms with Gasteiger partial charge < -0.3 is 5.32 Å². The number of rotatable bonds is 4. The minimum Gasteiger partial charge on any atom is -0.370 e. The van der Waals surface area contributed by atoms with Crippen molar-refractivity contribution >= 4 is 27.4 Å². The zero-order valence-electron chi connectivity index (χ0n) is 12.6. The highest BCUT2D eigenvalue weighted by Crippen LogP contribution is 2.33. The fraction of sp³-hybridized carbons (Fsp3) is 0.294. The van der Waals surface area contributed by atoms with E-state index < -0.39 is 0 Å². The van der Waals surface area contributed by atoms with Crippen LogP contribution >= 0.6 is 11.3 Å². The molecule has 3 nitrogen and oxygen atoms in total. The quantitative estimate of drug-likeness (QED) is 0.773. The van der Waals surface area contributed by atoms with Gasteiger partial charge in [-0.05, 0) is 37.8 Å². The molecule has 0 radical (unpaired) electrons. The molecular weight excluding hydrogens is 278 g/mol. The largest absolute Gasteiger partial charge is 0.370 e. The molecule has 0 aliphatic heterocycles. The van der Waals surface area contributed by atoms with Crippen LogP contribution in [0, 0.1) is 0 Å². The predicted molar refractivity (Wildman–Crippen MR) is 90.1 cm³/mol. The molecule has 1 N–H and O–H groups in total. The minimum absolute atomic E-state index is 0.219. The summed E-state index contributed by atoms with van der Waals surface area (Å²) in [6.07, 6.45) is 0. The van der Waals surface area contributed by atoms with Crippen LogP contribution in [0.4, 0.5) is 5.82 Å². The average molecular weight is 297 g/mol. The Morgan fingerprint density at radius 2 is 1.86 bits per heavy atom. The molecule has 0 saturated heterocycles. The summed E-state index contributed by atoms with van der Waals surface area (Å²) < 4.78 is 0. The van der Waals surface area contributed by atoms with Crippen LogP contribution in [0.3, 0.4) is 0 Å². The lowest BCUT2D eigenvalue weighted by Gasteiger charge is -2.24. The van der Waals surface area contributed by atoms with Gasteiger partial charge in [0.2, 0.25) is 0 Å². The molecule has 0 spiro atoms. The lowest BCUT2D eigenvalue weighted by molar-refractivity contribution is 0.595. The molecule has 0 saturated carbocycles. The van der Waals surface area contributed by atoms with E-state index in [4.69, 9.17) is 9.97 Å². The molecule has 2 aromatic heterocycles. The first-order valence-electron chi connectivity index (χ1n) is 7.18. The van der Waals surface area contributed by atoms with Gasteiger partial charge >= 0.3 is 0 Å². The number of benzene rings is 1. The van der Waals surface area contributed by atoms with Crippen molar-refractivity contribution < 1.29 is 0 Å². The Bertz CT molecular complexity index is 747. The highest BCUT2D eigenvalue weighted by molar-refractivity contribution is 7.16. The van der Waals surface area contributed by atoms with Crippen molar-refractivity contribution in [1.29, 1.82) is 0 Å². The van der Waals surface area contributed by atoms with E-state index in [0.717, 1.165) is 28.4 Å². The van der Waals surface area contributed by atoms with Crippen LogP contribution in [-0.4, -0.2) is 16.5 Å². The summed E-state index contributed by atoms with van der Waals surface area (Å²) in [7, 11) is 0. The Labute approximate surface area is 129 Å². The van der Waals surface area contributed by atoms with Crippen LogP contribution in [0.5, 0.6) is 0 Å². The van der Waals surface area contributed by atoms with Crippen LogP contribution in [0.1, 0.15) is 32.2 Å². The van der Waals surface area contributed by atoms with E-state index in [1.807, 2.05) is 6.07 Å². The van der Waals surface area contributed by atoms with Gasteiger partial charge in [-0.25, -0.2) is 9.97 Å². The molecule has 0 amide bonds. The summed E-state index contributed by atoms with van der Waals surface area (Å²) in [6, 6.07) is 12.5. The molecule has 4 heteroatoms. The van der Waals surface area contributed by atoms with Gasteiger partial charge in [0.1, 0.15) is 16.5 Å². The van der Waals surface area contributed by atoms with Crippen LogP contribution in [-0.2, 0) is 5.41 Å². The third-order valence-corrected chi connectivity index (χ3v) is 4.53. The molecule has 3 rings (SSSR count). The highest BCUT2D eigenvalue weighted by Gasteiger charge is 2.27. The van der Waals surface area contributed by atoms with Gasteiger partial charge in [0, 0.05) is 12.0 Å². The van der Waals surface area contributed by atoms with Crippen LogP contribution in [0.25, 0.3) is 10.2 Å². The number of aromatic nitrogens is 2. The summed E-state index contributed by atoms with van der Waals surface area (Å²) in [5.74, 6) is 1.79. The second-order valence-corrected chi connectivity index (χ2v) is 6.45. The van der Waals surface area contributed by atoms with Gasteiger partial charge in [-0.15, -0.1) is 11.3 Å². The number of hydrogen-bond donors (Lipinski definition) is 1. The molecule has 0 fully saturated rings. The van der Waals surface area contributed by atoms with E-state index in [0.29, 0.717) is 0 Å². The van der Waals surface area contributed by atoms with Gasteiger partial charge in [0.15, 0.2) is 0 Å². The molecule has 0 bridgehead atoms. The van der Waals surface area contributed by atoms with Crippen molar-refractivity contribution in [2.45, 2.75) is 26.2 Å². The second-order valence-electron chi connectivity index (χ2n) is 5.56. The highest BCUT2D eigenvalue weighted by atomic mass is 32.1. The smallest absolute Gasteiger partial charge is 0.142 e. The van der Waals surface area contributed by atoms with Gasteiger partial charge in [-0.3, -0.25) is 0 Å². The van der Waals surface area contributed by atoms with Gasteiger partial charge in [0.05, 0.1) is 5.39 Å².